The number of benzene rings is 2. The van der Waals surface area contributed by atoms with Crippen LogP contribution in [0.4, 0.5) is 5.69 Å². The predicted octanol–water partition coefficient (Wildman–Crippen LogP) is 4.80. The molecule has 1 atom stereocenters. The van der Waals surface area contributed by atoms with E-state index in [0.717, 1.165) is 5.56 Å². The van der Waals surface area contributed by atoms with Crippen molar-refractivity contribution in [3.8, 4) is 0 Å². The molecule has 3 aromatic rings. The number of hydrogen-bond acceptors (Lipinski definition) is 5. The van der Waals surface area contributed by atoms with Crippen molar-refractivity contribution in [1.82, 2.24) is 20.1 Å². The second kappa shape index (κ2) is 11.1. The van der Waals surface area contributed by atoms with Gasteiger partial charge in [-0.3, -0.25) is 9.59 Å². The smallest absolute Gasteiger partial charge is 0.251 e. The lowest BCUT2D eigenvalue weighted by Gasteiger charge is -2.23. The summed E-state index contributed by atoms with van der Waals surface area (Å²) in [4.78, 5) is 25.4. The highest BCUT2D eigenvalue weighted by molar-refractivity contribution is 7.99. The van der Waals surface area contributed by atoms with Gasteiger partial charge in [-0.25, -0.2) is 0 Å². The van der Waals surface area contributed by atoms with Gasteiger partial charge in [0, 0.05) is 18.3 Å². The molecule has 1 aromatic heterocycles. The highest BCUT2D eigenvalue weighted by Crippen LogP contribution is 2.25. The van der Waals surface area contributed by atoms with Gasteiger partial charge in [-0.1, -0.05) is 69.8 Å². The van der Waals surface area contributed by atoms with Gasteiger partial charge in [0.05, 0.1) is 11.8 Å². The molecule has 3 rings (SSSR count). The number of nitrogens with one attached hydrogen (secondary N) is 2. The summed E-state index contributed by atoms with van der Waals surface area (Å²) >= 11 is 1.30. The van der Waals surface area contributed by atoms with Crippen molar-refractivity contribution in [3.63, 3.8) is 0 Å². The molecule has 0 saturated heterocycles. The van der Waals surface area contributed by atoms with Crippen LogP contribution >= 0.6 is 11.8 Å². The molecule has 0 spiro atoms. The van der Waals surface area contributed by atoms with Crippen LogP contribution in [0.3, 0.4) is 0 Å². The van der Waals surface area contributed by atoms with Crippen molar-refractivity contribution < 1.29 is 9.59 Å². The molecular formula is C25H31N5O2S. The predicted molar refractivity (Wildman–Crippen MR) is 132 cm³/mol. The zero-order valence-electron chi connectivity index (χ0n) is 19.7. The largest absolute Gasteiger partial charge is 0.345 e. The summed E-state index contributed by atoms with van der Waals surface area (Å²) in [5, 5.41) is 14.4. The van der Waals surface area contributed by atoms with E-state index in [0.29, 0.717) is 22.3 Å². The second-order valence-electron chi connectivity index (χ2n) is 8.66. The van der Waals surface area contributed by atoms with Crippen LogP contribution in [0.25, 0.3) is 0 Å². The van der Waals surface area contributed by atoms with Crippen molar-refractivity contribution in [2.75, 3.05) is 11.1 Å². The Morgan fingerprint density at radius 2 is 1.73 bits per heavy atom. The van der Waals surface area contributed by atoms with Gasteiger partial charge < -0.3 is 15.2 Å². The van der Waals surface area contributed by atoms with Gasteiger partial charge in [0.2, 0.25) is 5.91 Å². The molecule has 0 radical (unpaired) electrons. The normalized spacial score (nSPS) is 12.1. The van der Waals surface area contributed by atoms with Crippen LogP contribution in [0.5, 0.6) is 0 Å². The number of hydrogen-bond donors (Lipinski definition) is 2. The van der Waals surface area contributed by atoms with E-state index in [1.54, 1.807) is 35.2 Å². The van der Waals surface area contributed by atoms with E-state index in [1.165, 1.54) is 17.3 Å². The molecule has 8 heteroatoms. The summed E-state index contributed by atoms with van der Waals surface area (Å²) in [6.45, 7) is 8.51. The van der Waals surface area contributed by atoms with E-state index in [9.17, 15) is 9.59 Å². The van der Waals surface area contributed by atoms with E-state index in [1.807, 2.05) is 7.05 Å². The minimum Gasteiger partial charge on any atom is -0.345 e. The average Bonchev–Trinajstić information content (AvgIpc) is 3.20. The van der Waals surface area contributed by atoms with Crippen LogP contribution in [-0.2, 0) is 11.8 Å². The standard InChI is InChI=1S/C25H31N5O2S/c1-16(2)18-9-11-19(12-10-18)23(17(3)4)28-24(32)20-7-6-8-21(13-20)27-22(31)14-33-25-29-26-15-30(25)5/h6-13,15-17,23H,14H2,1-5H3,(H,27,31)(H,28,32). The number of aromatic nitrogens is 3. The lowest BCUT2D eigenvalue weighted by molar-refractivity contribution is -0.113. The molecule has 2 N–H and O–H groups in total. The molecule has 174 valence electrons. The van der Waals surface area contributed by atoms with Crippen molar-refractivity contribution >= 4 is 29.3 Å². The first kappa shape index (κ1) is 24.5. The number of rotatable bonds is 9. The summed E-state index contributed by atoms with van der Waals surface area (Å²) < 4.78 is 1.75. The molecule has 0 aliphatic carbocycles. The molecule has 1 unspecified atom stereocenters. The number of thioether (sulfide) groups is 1. The highest BCUT2D eigenvalue weighted by Gasteiger charge is 2.20. The third kappa shape index (κ3) is 6.68. The Balaban J connectivity index is 1.64. The third-order valence-electron chi connectivity index (χ3n) is 5.33. The van der Waals surface area contributed by atoms with Gasteiger partial charge in [-0.05, 0) is 41.2 Å². The number of nitrogens with zero attached hydrogens (tertiary/aromatic N) is 3. The zero-order chi connectivity index (χ0) is 24.0. The maximum atomic E-state index is 13.0. The van der Waals surface area contributed by atoms with Crippen LogP contribution in [0.1, 0.15) is 61.1 Å². The third-order valence-corrected chi connectivity index (χ3v) is 6.36. The fraction of sp³-hybridized carbons (Fsp3) is 0.360. The number of aryl methyl sites for hydroxylation is 1. The fourth-order valence-corrected chi connectivity index (χ4v) is 4.10. The lowest BCUT2D eigenvalue weighted by atomic mass is 9.93. The monoisotopic (exact) mass is 465 g/mol. The summed E-state index contributed by atoms with van der Waals surface area (Å²) in [6.07, 6.45) is 1.59. The van der Waals surface area contributed by atoms with Crippen molar-refractivity contribution in [1.29, 1.82) is 0 Å². The first-order chi connectivity index (χ1) is 15.7. The summed E-state index contributed by atoms with van der Waals surface area (Å²) in [6, 6.07) is 15.3. The Hall–Kier alpha value is -3.13. The first-order valence-corrected chi connectivity index (χ1v) is 12.0. The Bertz CT molecular complexity index is 1090. The quantitative estimate of drug-likeness (QED) is 0.443. The molecular weight excluding hydrogens is 434 g/mol. The SMILES string of the molecule is CC(C)c1ccc(C(NC(=O)c2cccc(NC(=O)CSc3nncn3C)c2)C(C)C)cc1. The van der Waals surface area contributed by atoms with Crippen LogP contribution in [-0.4, -0.2) is 32.3 Å². The van der Waals surface area contributed by atoms with Gasteiger partial charge in [-0.2, -0.15) is 0 Å². The number of anilines is 1. The molecule has 0 aliphatic heterocycles. The van der Waals surface area contributed by atoms with Gasteiger partial charge in [0.25, 0.3) is 5.91 Å². The van der Waals surface area contributed by atoms with Gasteiger partial charge in [-0.15, -0.1) is 10.2 Å². The number of amides is 2. The van der Waals surface area contributed by atoms with E-state index >= 15 is 0 Å². The topological polar surface area (TPSA) is 88.9 Å². The molecule has 2 aromatic carbocycles. The van der Waals surface area contributed by atoms with Gasteiger partial charge >= 0.3 is 0 Å². The van der Waals surface area contributed by atoms with E-state index in [4.69, 9.17) is 0 Å². The van der Waals surface area contributed by atoms with Gasteiger partial charge in [0.15, 0.2) is 5.16 Å². The number of carbonyl (C=O) groups is 2. The molecule has 33 heavy (non-hydrogen) atoms. The van der Waals surface area contributed by atoms with E-state index in [-0.39, 0.29) is 29.5 Å². The van der Waals surface area contributed by atoms with Gasteiger partial charge in [0.1, 0.15) is 6.33 Å². The Labute approximate surface area is 199 Å². The van der Waals surface area contributed by atoms with Crippen molar-refractivity contribution in [3.05, 3.63) is 71.5 Å². The Morgan fingerprint density at radius 1 is 1.03 bits per heavy atom. The molecule has 0 aliphatic rings. The highest BCUT2D eigenvalue weighted by atomic mass is 32.2. The molecule has 0 fully saturated rings. The molecule has 0 saturated carbocycles. The molecule has 7 nitrogen and oxygen atoms in total. The van der Waals surface area contributed by atoms with Crippen LogP contribution in [0.2, 0.25) is 0 Å². The molecule has 2 amide bonds. The lowest BCUT2D eigenvalue weighted by Crippen LogP contribution is -2.31. The molecule has 0 bridgehead atoms. The summed E-state index contributed by atoms with van der Waals surface area (Å²) in [7, 11) is 1.82. The van der Waals surface area contributed by atoms with E-state index < -0.39 is 0 Å². The maximum Gasteiger partial charge on any atom is 0.251 e. The Morgan fingerprint density at radius 3 is 2.33 bits per heavy atom. The van der Waals surface area contributed by atoms with Crippen molar-refractivity contribution in [2.45, 2.75) is 44.8 Å². The van der Waals surface area contributed by atoms with Crippen LogP contribution in [0.15, 0.2) is 60.0 Å². The minimum absolute atomic E-state index is 0.111. The maximum absolute atomic E-state index is 13.0. The van der Waals surface area contributed by atoms with Crippen LogP contribution in [0, 0.1) is 5.92 Å². The fourth-order valence-electron chi connectivity index (χ4n) is 3.42. The average molecular weight is 466 g/mol. The first-order valence-electron chi connectivity index (χ1n) is 11.0. The number of carbonyl (C=O) groups excluding carboxylic acids is 2. The van der Waals surface area contributed by atoms with Crippen LogP contribution < -0.4 is 10.6 Å². The summed E-state index contributed by atoms with van der Waals surface area (Å²) in [5.41, 5.74) is 3.42. The second-order valence-corrected chi connectivity index (χ2v) is 9.60. The Kier molecular flexibility index (Phi) is 8.27. The zero-order valence-corrected chi connectivity index (χ0v) is 20.5. The summed E-state index contributed by atoms with van der Waals surface area (Å²) in [5.74, 6) is 0.532. The van der Waals surface area contributed by atoms with E-state index in [2.05, 4.69) is 72.8 Å². The minimum atomic E-state index is -0.175. The molecule has 1 heterocycles. The van der Waals surface area contributed by atoms with Crippen molar-refractivity contribution in [2.24, 2.45) is 13.0 Å².